The van der Waals surface area contributed by atoms with Crippen LogP contribution in [0.25, 0.3) is 0 Å². The SMILES string of the molecule is CCCOc1cccc(C(NC)c2cc(C)ccc2F)c1. The third-order valence-electron chi connectivity index (χ3n) is 3.42. The molecular weight excluding hydrogens is 265 g/mol. The Bertz CT molecular complexity index is 598. The highest BCUT2D eigenvalue weighted by atomic mass is 19.1. The molecule has 0 aromatic heterocycles. The summed E-state index contributed by atoms with van der Waals surface area (Å²) in [6.45, 7) is 4.73. The molecule has 1 N–H and O–H groups in total. The predicted octanol–water partition coefficient (Wildman–Crippen LogP) is 4.23. The maximum atomic E-state index is 14.1. The average Bonchev–Trinajstić information content (AvgIpc) is 2.50. The van der Waals surface area contributed by atoms with E-state index in [0.717, 1.165) is 23.3 Å². The summed E-state index contributed by atoms with van der Waals surface area (Å²) in [6, 6.07) is 12.8. The van der Waals surface area contributed by atoms with Crippen molar-refractivity contribution in [3.8, 4) is 5.75 Å². The number of hydrogen-bond acceptors (Lipinski definition) is 2. The lowest BCUT2D eigenvalue weighted by atomic mass is 9.97. The zero-order valence-electron chi connectivity index (χ0n) is 12.8. The van der Waals surface area contributed by atoms with E-state index in [4.69, 9.17) is 4.74 Å². The Labute approximate surface area is 126 Å². The highest BCUT2D eigenvalue weighted by molar-refractivity contribution is 5.38. The normalized spacial score (nSPS) is 12.2. The maximum Gasteiger partial charge on any atom is 0.128 e. The molecule has 0 aliphatic carbocycles. The molecule has 0 spiro atoms. The zero-order chi connectivity index (χ0) is 15.2. The minimum absolute atomic E-state index is 0.185. The smallest absolute Gasteiger partial charge is 0.128 e. The van der Waals surface area contributed by atoms with E-state index in [1.165, 1.54) is 6.07 Å². The van der Waals surface area contributed by atoms with Gasteiger partial charge in [-0.1, -0.05) is 36.8 Å². The highest BCUT2D eigenvalue weighted by Gasteiger charge is 2.16. The van der Waals surface area contributed by atoms with E-state index in [0.29, 0.717) is 12.2 Å². The molecule has 0 radical (unpaired) electrons. The lowest BCUT2D eigenvalue weighted by Gasteiger charge is -2.19. The molecule has 0 saturated heterocycles. The minimum Gasteiger partial charge on any atom is -0.494 e. The maximum absolute atomic E-state index is 14.1. The first-order valence-electron chi connectivity index (χ1n) is 7.31. The van der Waals surface area contributed by atoms with Crippen LogP contribution in [0.4, 0.5) is 4.39 Å². The fourth-order valence-corrected chi connectivity index (χ4v) is 2.39. The Morgan fingerprint density at radius 3 is 2.71 bits per heavy atom. The summed E-state index contributed by atoms with van der Waals surface area (Å²) in [5.74, 6) is 0.627. The van der Waals surface area contributed by atoms with Gasteiger partial charge in [0, 0.05) is 5.56 Å². The van der Waals surface area contributed by atoms with E-state index in [2.05, 4.69) is 12.2 Å². The summed E-state index contributed by atoms with van der Waals surface area (Å²) in [5, 5.41) is 3.19. The van der Waals surface area contributed by atoms with Crippen LogP contribution in [0.5, 0.6) is 5.75 Å². The van der Waals surface area contributed by atoms with Crippen LogP contribution in [0.1, 0.15) is 36.1 Å². The van der Waals surface area contributed by atoms with E-state index < -0.39 is 0 Å². The first kappa shape index (κ1) is 15.5. The van der Waals surface area contributed by atoms with E-state index >= 15 is 0 Å². The minimum atomic E-state index is -0.195. The van der Waals surface area contributed by atoms with Crippen LogP contribution in [0.3, 0.4) is 0 Å². The summed E-state index contributed by atoms with van der Waals surface area (Å²) < 4.78 is 19.8. The summed E-state index contributed by atoms with van der Waals surface area (Å²) in [7, 11) is 1.84. The van der Waals surface area contributed by atoms with Gasteiger partial charge in [0.1, 0.15) is 11.6 Å². The number of nitrogens with one attached hydrogen (secondary N) is 1. The molecule has 2 nitrogen and oxygen atoms in total. The van der Waals surface area contributed by atoms with Gasteiger partial charge in [-0.25, -0.2) is 4.39 Å². The lowest BCUT2D eigenvalue weighted by Crippen LogP contribution is -2.19. The van der Waals surface area contributed by atoms with Gasteiger partial charge in [-0.2, -0.15) is 0 Å². The zero-order valence-corrected chi connectivity index (χ0v) is 12.8. The molecule has 1 unspecified atom stereocenters. The van der Waals surface area contributed by atoms with E-state index in [1.807, 2.05) is 44.3 Å². The molecule has 0 fully saturated rings. The van der Waals surface area contributed by atoms with Crippen molar-refractivity contribution in [2.45, 2.75) is 26.3 Å². The second-order valence-electron chi connectivity index (χ2n) is 5.17. The van der Waals surface area contributed by atoms with Gasteiger partial charge in [0.25, 0.3) is 0 Å². The standard InChI is InChI=1S/C18H22FNO/c1-4-10-21-15-7-5-6-14(12-15)18(20-3)16-11-13(2)8-9-17(16)19/h5-9,11-12,18,20H,4,10H2,1-3H3. The first-order valence-corrected chi connectivity index (χ1v) is 7.31. The van der Waals surface area contributed by atoms with Crippen molar-refractivity contribution in [2.24, 2.45) is 0 Å². The Hall–Kier alpha value is -1.87. The topological polar surface area (TPSA) is 21.3 Å². The molecular formula is C18H22FNO. The molecule has 0 saturated carbocycles. The molecule has 0 aliphatic heterocycles. The fourth-order valence-electron chi connectivity index (χ4n) is 2.39. The fraction of sp³-hybridized carbons (Fsp3) is 0.333. The number of aryl methyl sites for hydroxylation is 1. The number of ether oxygens (including phenoxy) is 1. The summed E-state index contributed by atoms with van der Waals surface area (Å²) >= 11 is 0. The predicted molar refractivity (Wildman–Crippen MR) is 84.3 cm³/mol. The molecule has 3 heteroatoms. The average molecular weight is 287 g/mol. The van der Waals surface area contributed by atoms with Gasteiger partial charge in [0.15, 0.2) is 0 Å². The van der Waals surface area contributed by atoms with Gasteiger partial charge in [-0.05, 0) is 44.2 Å². The first-order chi connectivity index (χ1) is 10.2. The second-order valence-corrected chi connectivity index (χ2v) is 5.17. The quantitative estimate of drug-likeness (QED) is 0.858. The number of benzene rings is 2. The van der Waals surface area contributed by atoms with Crippen molar-refractivity contribution >= 4 is 0 Å². The van der Waals surface area contributed by atoms with E-state index in [-0.39, 0.29) is 11.9 Å². The van der Waals surface area contributed by atoms with Crippen LogP contribution < -0.4 is 10.1 Å². The van der Waals surface area contributed by atoms with Gasteiger partial charge in [0.2, 0.25) is 0 Å². The summed E-state index contributed by atoms with van der Waals surface area (Å²) in [6.07, 6.45) is 0.964. The molecule has 0 aliphatic rings. The van der Waals surface area contributed by atoms with E-state index in [9.17, 15) is 4.39 Å². The van der Waals surface area contributed by atoms with E-state index in [1.54, 1.807) is 6.07 Å². The molecule has 2 aromatic rings. The van der Waals surface area contributed by atoms with Crippen LogP contribution in [-0.4, -0.2) is 13.7 Å². The third-order valence-corrected chi connectivity index (χ3v) is 3.42. The van der Waals surface area contributed by atoms with Crippen molar-refractivity contribution in [1.29, 1.82) is 0 Å². The monoisotopic (exact) mass is 287 g/mol. The molecule has 0 bridgehead atoms. The van der Waals surface area contributed by atoms with Crippen LogP contribution in [0, 0.1) is 12.7 Å². The van der Waals surface area contributed by atoms with Crippen LogP contribution in [0.2, 0.25) is 0 Å². The molecule has 2 aromatic carbocycles. The van der Waals surface area contributed by atoms with Gasteiger partial charge in [-0.3, -0.25) is 0 Å². The Morgan fingerprint density at radius 2 is 2.00 bits per heavy atom. The Morgan fingerprint density at radius 1 is 1.19 bits per heavy atom. The van der Waals surface area contributed by atoms with Crippen LogP contribution >= 0.6 is 0 Å². The Kier molecular flexibility index (Phi) is 5.34. The second kappa shape index (κ2) is 7.23. The van der Waals surface area contributed by atoms with Crippen LogP contribution in [0.15, 0.2) is 42.5 Å². The lowest BCUT2D eigenvalue weighted by molar-refractivity contribution is 0.317. The molecule has 0 heterocycles. The van der Waals surface area contributed by atoms with Crippen LogP contribution in [-0.2, 0) is 0 Å². The summed E-state index contributed by atoms with van der Waals surface area (Å²) in [4.78, 5) is 0. The van der Waals surface area contributed by atoms with Gasteiger partial charge >= 0.3 is 0 Å². The highest BCUT2D eigenvalue weighted by Crippen LogP contribution is 2.27. The van der Waals surface area contributed by atoms with Gasteiger partial charge in [0.05, 0.1) is 12.6 Å². The molecule has 112 valence electrons. The van der Waals surface area contributed by atoms with Crippen molar-refractivity contribution in [1.82, 2.24) is 5.32 Å². The number of halogens is 1. The van der Waals surface area contributed by atoms with Crippen molar-refractivity contribution < 1.29 is 9.13 Å². The molecule has 21 heavy (non-hydrogen) atoms. The molecule has 2 rings (SSSR count). The molecule has 0 amide bonds. The largest absolute Gasteiger partial charge is 0.494 e. The van der Waals surface area contributed by atoms with Gasteiger partial charge in [-0.15, -0.1) is 0 Å². The van der Waals surface area contributed by atoms with Gasteiger partial charge < -0.3 is 10.1 Å². The van der Waals surface area contributed by atoms with Crippen molar-refractivity contribution in [3.63, 3.8) is 0 Å². The third kappa shape index (κ3) is 3.82. The van der Waals surface area contributed by atoms with Crippen molar-refractivity contribution in [3.05, 3.63) is 65.0 Å². The molecule has 1 atom stereocenters. The summed E-state index contributed by atoms with van der Waals surface area (Å²) in [5.41, 5.74) is 2.70. The Balaban J connectivity index is 2.34. The number of hydrogen-bond donors (Lipinski definition) is 1. The number of rotatable bonds is 6. The van der Waals surface area contributed by atoms with Crippen molar-refractivity contribution in [2.75, 3.05) is 13.7 Å².